The number of carbonyl (C=O) groups is 1. The molecule has 0 saturated heterocycles. The molecule has 0 saturated carbocycles. The van der Waals surface area contributed by atoms with Gasteiger partial charge in [0, 0.05) is 0 Å². The minimum atomic E-state index is -0.992. The molecule has 18 heavy (non-hydrogen) atoms. The van der Waals surface area contributed by atoms with Gasteiger partial charge in [-0.1, -0.05) is 11.6 Å². The fourth-order valence-electron chi connectivity index (χ4n) is 1.81. The molecule has 0 atom stereocenters. The zero-order chi connectivity index (χ0) is 13.4. The largest absolute Gasteiger partial charge is 0.478 e. The Balaban J connectivity index is 2.31. The smallest absolute Gasteiger partial charge is 0.339 e. The summed E-state index contributed by atoms with van der Waals surface area (Å²) in [4.78, 5) is 10.9. The summed E-state index contributed by atoms with van der Waals surface area (Å²) >= 11 is 6.04. The van der Waals surface area contributed by atoms with Crippen molar-refractivity contribution in [2.24, 2.45) is 0 Å². The highest BCUT2D eigenvalue weighted by Crippen LogP contribution is 2.21. The van der Waals surface area contributed by atoms with Gasteiger partial charge in [-0.15, -0.1) is 0 Å². The minimum Gasteiger partial charge on any atom is -0.478 e. The number of halogens is 1. The maximum atomic E-state index is 10.9. The molecule has 1 N–H and O–H groups in total. The van der Waals surface area contributed by atoms with Crippen LogP contribution in [0.5, 0.6) is 0 Å². The number of rotatable bonds is 3. The van der Waals surface area contributed by atoms with Gasteiger partial charge in [-0.05, 0) is 26.8 Å². The number of aromatic nitrogens is 2. The van der Waals surface area contributed by atoms with Crippen LogP contribution in [0.1, 0.15) is 33.3 Å². The lowest BCUT2D eigenvalue weighted by atomic mass is 10.2. The minimum absolute atomic E-state index is 0.178. The number of hydrogen-bond donors (Lipinski definition) is 1. The number of carboxylic acid groups (broad SMARTS) is 1. The lowest BCUT2D eigenvalue weighted by Gasteiger charge is -2.00. The summed E-state index contributed by atoms with van der Waals surface area (Å²) in [5.41, 5.74) is 1.76. The van der Waals surface area contributed by atoms with Crippen LogP contribution in [-0.2, 0) is 6.54 Å². The molecule has 0 spiro atoms. The van der Waals surface area contributed by atoms with Crippen molar-refractivity contribution in [2.75, 3.05) is 0 Å². The highest BCUT2D eigenvalue weighted by molar-refractivity contribution is 6.31. The number of carboxylic acids is 1. The molecule has 0 unspecified atom stereocenters. The predicted octanol–water partition coefficient (Wildman–Crippen LogP) is 2.80. The third-order valence-corrected chi connectivity index (χ3v) is 3.34. The van der Waals surface area contributed by atoms with E-state index in [1.807, 2.05) is 13.8 Å². The molecule has 6 heteroatoms. The molecule has 2 rings (SSSR count). The molecule has 0 fully saturated rings. The van der Waals surface area contributed by atoms with E-state index in [0.29, 0.717) is 23.1 Å². The number of nitrogens with zero attached hydrogens (tertiary/aromatic N) is 2. The Hall–Kier alpha value is -1.75. The van der Waals surface area contributed by atoms with Gasteiger partial charge >= 0.3 is 5.97 Å². The Kier molecular flexibility index (Phi) is 3.17. The second-order valence-electron chi connectivity index (χ2n) is 4.13. The Morgan fingerprint density at radius 3 is 2.61 bits per heavy atom. The van der Waals surface area contributed by atoms with Gasteiger partial charge in [-0.3, -0.25) is 4.68 Å². The maximum absolute atomic E-state index is 10.9. The van der Waals surface area contributed by atoms with Crippen molar-refractivity contribution in [1.29, 1.82) is 0 Å². The van der Waals surface area contributed by atoms with Crippen molar-refractivity contribution in [1.82, 2.24) is 9.78 Å². The van der Waals surface area contributed by atoms with Crippen LogP contribution >= 0.6 is 11.6 Å². The van der Waals surface area contributed by atoms with Gasteiger partial charge in [-0.25, -0.2) is 4.79 Å². The van der Waals surface area contributed by atoms with Crippen molar-refractivity contribution in [3.05, 3.63) is 39.6 Å². The van der Waals surface area contributed by atoms with Crippen LogP contribution in [0.2, 0.25) is 5.02 Å². The Bertz CT molecular complexity index is 613. The van der Waals surface area contributed by atoms with E-state index in [1.165, 1.54) is 6.07 Å². The van der Waals surface area contributed by atoms with Crippen LogP contribution < -0.4 is 0 Å². The van der Waals surface area contributed by atoms with E-state index < -0.39 is 5.97 Å². The van der Waals surface area contributed by atoms with Gasteiger partial charge in [0.2, 0.25) is 0 Å². The molecule has 0 aromatic carbocycles. The summed E-state index contributed by atoms with van der Waals surface area (Å²) in [5, 5.41) is 13.8. The molecular formula is C12H13ClN2O3. The molecule has 0 amide bonds. The van der Waals surface area contributed by atoms with E-state index in [9.17, 15) is 4.79 Å². The van der Waals surface area contributed by atoms with Gasteiger partial charge in [0.1, 0.15) is 17.1 Å². The van der Waals surface area contributed by atoms with Crippen LogP contribution in [0.3, 0.4) is 0 Å². The van der Waals surface area contributed by atoms with E-state index >= 15 is 0 Å². The zero-order valence-electron chi connectivity index (χ0n) is 10.3. The first-order valence-corrected chi connectivity index (χ1v) is 5.80. The summed E-state index contributed by atoms with van der Waals surface area (Å²) in [6, 6.07) is 1.52. The van der Waals surface area contributed by atoms with Gasteiger partial charge in [0.05, 0.1) is 23.0 Å². The molecule has 0 bridgehead atoms. The highest BCUT2D eigenvalue weighted by Gasteiger charge is 2.16. The van der Waals surface area contributed by atoms with Crippen LogP contribution in [0.15, 0.2) is 10.5 Å². The molecule has 0 aliphatic heterocycles. The monoisotopic (exact) mass is 268 g/mol. The number of aryl methyl sites for hydroxylation is 2. The first-order chi connectivity index (χ1) is 8.40. The van der Waals surface area contributed by atoms with Gasteiger partial charge in [-0.2, -0.15) is 5.10 Å². The van der Waals surface area contributed by atoms with Gasteiger partial charge < -0.3 is 9.52 Å². The van der Waals surface area contributed by atoms with Crippen molar-refractivity contribution in [2.45, 2.75) is 27.3 Å². The third-order valence-electron chi connectivity index (χ3n) is 2.80. The van der Waals surface area contributed by atoms with Crippen LogP contribution in [-0.4, -0.2) is 20.9 Å². The van der Waals surface area contributed by atoms with Gasteiger partial charge in [0.15, 0.2) is 0 Å². The Morgan fingerprint density at radius 2 is 2.17 bits per heavy atom. The molecule has 0 radical (unpaired) electrons. The van der Waals surface area contributed by atoms with E-state index in [0.717, 1.165) is 11.4 Å². The summed E-state index contributed by atoms with van der Waals surface area (Å²) in [5.74, 6) is -0.0498. The summed E-state index contributed by atoms with van der Waals surface area (Å²) in [6.07, 6.45) is 0. The van der Waals surface area contributed by atoms with E-state index in [1.54, 1.807) is 11.6 Å². The molecule has 0 aliphatic rings. The Labute approximate surface area is 109 Å². The van der Waals surface area contributed by atoms with Crippen molar-refractivity contribution < 1.29 is 14.3 Å². The van der Waals surface area contributed by atoms with Gasteiger partial charge in [0.25, 0.3) is 0 Å². The SMILES string of the molecule is Cc1nn(Cc2cc(C(=O)O)c(C)o2)c(C)c1Cl. The standard InChI is InChI=1S/C12H13ClN2O3/c1-6-11(13)7(2)15(14-6)5-9-4-10(12(16)17)8(3)18-9/h4H,5H2,1-3H3,(H,16,17). The lowest BCUT2D eigenvalue weighted by Crippen LogP contribution is -2.03. The van der Waals surface area contributed by atoms with E-state index in [2.05, 4.69) is 5.10 Å². The topological polar surface area (TPSA) is 68.3 Å². The predicted molar refractivity (Wildman–Crippen MR) is 66.2 cm³/mol. The van der Waals surface area contributed by atoms with Crippen molar-refractivity contribution in [3.63, 3.8) is 0 Å². The normalized spacial score (nSPS) is 10.9. The third kappa shape index (κ3) is 2.13. The molecule has 5 nitrogen and oxygen atoms in total. The van der Waals surface area contributed by atoms with Crippen molar-refractivity contribution in [3.8, 4) is 0 Å². The van der Waals surface area contributed by atoms with E-state index in [-0.39, 0.29) is 5.56 Å². The second-order valence-corrected chi connectivity index (χ2v) is 4.51. The average Bonchev–Trinajstić information content (AvgIpc) is 2.76. The highest BCUT2D eigenvalue weighted by atomic mass is 35.5. The number of aromatic carboxylic acids is 1. The van der Waals surface area contributed by atoms with Crippen LogP contribution in [0, 0.1) is 20.8 Å². The summed E-state index contributed by atoms with van der Waals surface area (Å²) < 4.78 is 7.10. The number of hydrogen-bond acceptors (Lipinski definition) is 3. The maximum Gasteiger partial charge on any atom is 0.339 e. The quantitative estimate of drug-likeness (QED) is 0.929. The summed E-state index contributed by atoms with van der Waals surface area (Å²) in [6.45, 7) is 5.67. The van der Waals surface area contributed by atoms with Crippen molar-refractivity contribution >= 4 is 17.6 Å². The molecular weight excluding hydrogens is 256 g/mol. The molecule has 0 aliphatic carbocycles. The molecule has 96 valence electrons. The zero-order valence-corrected chi connectivity index (χ0v) is 11.1. The van der Waals surface area contributed by atoms with E-state index in [4.69, 9.17) is 21.1 Å². The number of furan rings is 1. The van der Waals surface area contributed by atoms with Crippen LogP contribution in [0.4, 0.5) is 0 Å². The lowest BCUT2D eigenvalue weighted by molar-refractivity contribution is 0.0695. The van der Waals surface area contributed by atoms with Crippen LogP contribution in [0.25, 0.3) is 0 Å². The average molecular weight is 269 g/mol. The Morgan fingerprint density at radius 1 is 1.50 bits per heavy atom. The second kappa shape index (κ2) is 4.49. The molecule has 2 heterocycles. The first kappa shape index (κ1) is 12.7. The summed E-state index contributed by atoms with van der Waals surface area (Å²) in [7, 11) is 0. The first-order valence-electron chi connectivity index (χ1n) is 5.42. The molecule has 2 aromatic heterocycles. The fourth-order valence-corrected chi connectivity index (χ4v) is 1.95. The fraction of sp³-hybridized carbons (Fsp3) is 0.333. The molecule has 2 aromatic rings.